The van der Waals surface area contributed by atoms with Crippen molar-refractivity contribution in [3.05, 3.63) is 0 Å². The number of hydrogen-bond acceptors (Lipinski definition) is 2. The first-order chi connectivity index (χ1) is 15.7. The van der Waals surface area contributed by atoms with Crippen molar-refractivity contribution in [2.45, 2.75) is 172 Å². The molecule has 2 saturated heterocycles. The standard InChI is InChI=1S/2C10H21N.2C4H10.2C2H6.3CH4.B/c2*1-8(2)10-5-6-11(7-10)9(3)4;2*1-4(2)3;2*1-2;;;;/h2*8-10H,5-7H2,1-4H3;2*4H,1-3H3;2*1-2H3;3*1H4;. The molecule has 3 radical (unpaired) electrons. The predicted molar refractivity (Wildman–Crippen MR) is 189 cm³/mol. The molecule has 0 aromatic rings. The molecular weight excluding hydrogens is 459 g/mol. The van der Waals surface area contributed by atoms with Gasteiger partial charge >= 0.3 is 0 Å². The van der Waals surface area contributed by atoms with Gasteiger partial charge in [0.15, 0.2) is 0 Å². The van der Waals surface area contributed by atoms with Gasteiger partial charge in [-0.1, -0.05) is 119 Å². The van der Waals surface area contributed by atoms with E-state index in [0.29, 0.717) is 0 Å². The quantitative estimate of drug-likeness (QED) is 0.324. The molecule has 0 aliphatic carbocycles. The first kappa shape index (κ1) is 57.8. The van der Waals surface area contributed by atoms with E-state index in [1.54, 1.807) is 0 Å². The van der Waals surface area contributed by atoms with Crippen LogP contribution in [-0.4, -0.2) is 56.5 Å². The molecule has 0 amide bonds. The lowest BCUT2D eigenvalue weighted by molar-refractivity contribution is 0.253. The van der Waals surface area contributed by atoms with Crippen molar-refractivity contribution in [2.24, 2.45) is 35.5 Å². The Morgan fingerprint density at radius 1 is 0.447 bits per heavy atom. The topological polar surface area (TPSA) is 6.48 Å². The van der Waals surface area contributed by atoms with Crippen LogP contribution in [0.3, 0.4) is 0 Å². The van der Waals surface area contributed by atoms with Crippen LogP contribution in [0.2, 0.25) is 0 Å². The van der Waals surface area contributed by atoms with Crippen LogP contribution in [0.4, 0.5) is 0 Å². The Hall–Kier alpha value is -0.0151. The highest BCUT2D eigenvalue weighted by Gasteiger charge is 2.26. The van der Waals surface area contributed by atoms with Gasteiger partial charge in [-0.15, -0.1) is 0 Å². The summed E-state index contributed by atoms with van der Waals surface area (Å²) in [5, 5.41) is 0. The molecule has 0 aromatic heterocycles. The smallest absolute Gasteiger partial charge is 0.00387 e. The largest absolute Gasteiger partial charge is 0.301 e. The van der Waals surface area contributed by atoms with Gasteiger partial charge in [-0.05, 0) is 89.1 Å². The summed E-state index contributed by atoms with van der Waals surface area (Å²) in [7, 11) is 0. The van der Waals surface area contributed by atoms with E-state index >= 15 is 0 Å². The molecule has 0 N–H and O–H groups in total. The zero-order chi connectivity index (χ0) is 28.0. The lowest BCUT2D eigenvalue weighted by Crippen LogP contribution is -2.28. The number of hydrogen-bond donors (Lipinski definition) is 0. The molecule has 2 aliphatic rings. The number of likely N-dealkylation sites (tertiary alicyclic amines) is 2. The van der Waals surface area contributed by atoms with Crippen molar-refractivity contribution in [2.75, 3.05) is 26.2 Å². The van der Waals surface area contributed by atoms with Crippen LogP contribution in [-0.2, 0) is 0 Å². The second-order valence-corrected chi connectivity index (χ2v) is 12.2. The molecule has 0 saturated carbocycles. The molecular formula is C35H86BN2. The summed E-state index contributed by atoms with van der Waals surface area (Å²) in [6.45, 7) is 44.8. The van der Waals surface area contributed by atoms with Gasteiger partial charge in [0.2, 0.25) is 0 Å². The molecule has 2 unspecified atom stereocenters. The van der Waals surface area contributed by atoms with Crippen LogP contribution in [0.25, 0.3) is 0 Å². The van der Waals surface area contributed by atoms with Crippen molar-refractivity contribution in [3.63, 3.8) is 0 Å². The minimum Gasteiger partial charge on any atom is -0.301 e. The van der Waals surface area contributed by atoms with Gasteiger partial charge in [0, 0.05) is 33.6 Å². The summed E-state index contributed by atoms with van der Waals surface area (Å²) in [6.07, 6.45) is 2.83. The van der Waals surface area contributed by atoms with E-state index in [-0.39, 0.29) is 30.7 Å². The van der Waals surface area contributed by atoms with Crippen molar-refractivity contribution in [1.29, 1.82) is 0 Å². The van der Waals surface area contributed by atoms with Gasteiger partial charge in [0.25, 0.3) is 0 Å². The van der Waals surface area contributed by atoms with Crippen molar-refractivity contribution >= 4 is 8.41 Å². The Bertz CT molecular complexity index is 309. The molecule has 0 aromatic carbocycles. The highest BCUT2D eigenvalue weighted by atomic mass is 15.2. The van der Waals surface area contributed by atoms with Crippen LogP contribution >= 0.6 is 0 Å². The fourth-order valence-corrected chi connectivity index (χ4v) is 3.66. The van der Waals surface area contributed by atoms with E-state index in [1.807, 2.05) is 27.7 Å². The normalized spacial score (nSPS) is 18.0. The lowest BCUT2D eigenvalue weighted by Gasteiger charge is -2.21. The predicted octanol–water partition coefficient (Wildman–Crippen LogP) is 11.6. The summed E-state index contributed by atoms with van der Waals surface area (Å²) < 4.78 is 0. The van der Waals surface area contributed by atoms with E-state index in [9.17, 15) is 0 Å². The van der Waals surface area contributed by atoms with Crippen LogP contribution in [0, 0.1) is 35.5 Å². The first-order valence-electron chi connectivity index (χ1n) is 15.2. The Kier molecular flexibility index (Phi) is 56.2. The molecule has 239 valence electrons. The maximum absolute atomic E-state index is 2.59. The molecule has 2 heterocycles. The summed E-state index contributed by atoms with van der Waals surface area (Å²) >= 11 is 0. The van der Waals surface area contributed by atoms with Gasteiger partial charge < -0.3 is 9.80 Å². The number of nitrogens with zero attached hydrogens (tertiary/aromatic N) is 2. The van der Waals surface area contributed by atoms with Crippen molar-refractivity contribution in [1.82, 2.24) is 9.80 Å². The van der Waals surface area contributed by atoms with E-state index < -0.39 is 0 Å². The van der Waals surface area contributed by atoms with Gasteiger partial charge in [0.1, 0.15) is 0 Å². The van der Waals surface area contributed by atoms with E-state index in [4.69, 9.17) is 0 Å². The third kappa shape index (κ3) is 38.1. The first-order valence-corrected chi connectivity index (χ1v) is 15.2. The Morgan fingerprint density at radius 3 is 0.711 bits per heavy atom. The minimum absolute atomic E-state index is 0. The van der Waals surface area contributed by atoms with Gasteiger partial charge in [-0.2, -0.15) is 0 Å². The van der Waals surface area contributed by atoms with Crippen molar-refractivity contribution in [3.8, 4) is 0 Å². The van der Waals surface area contributed by atoms with Crippen LogP contribution in [0.1, 0.15) is 160 Å². The summed E-state index contributed by atoms with van der Waals surface area (Å²) in [5.41, 5.74) is 0. The monoisotopic (exact) mass is 546 g/mol. The third-order valence-electron chi connectivity index (χ3n) is 5.86. The van der Waals surface area contributed by atoms with Gasteiger partial charge in [-0.25, -0.2) is 0 Å². The zero-order valence-corrected chi connectivity index (χ0v) is 28.3. The Labute approximate surface area is 251 Å². The summed E-state index contributed by atoms with van der Waals surface area (Å²) in [4.78, 5) is 5.18. The van der Waals surface area contributed by atoms with Crippen LogP contribution in [0.5, 0.6) is 0 Å². The SMILES string of the molecule is C.C.C.CC.CC.CC(C)C.CC(C)C.CC(C)C1CCN(C(C)C)C1.CC(C)C1CCN(C(C)C)C1.[B]. The van der Waals surface area contributed by atoms with Gasteiger partial charge in [0.05, 0.1) is 0 Å². The van der Waals surface area contributed by atoms with E-state index in [0.717, 1.165) is 47.6 Å². The van der Waals surface area contributed by atoms with Gasteiger partial charge in [-0.3, -0.25) is 0 Å². The fraction of sp³-hybridized carbons (Fsp3) is 1.00. The average Bonchev–Trinajstić information content (AvgIpc) is 3.41. The van der Waals surface area contributed by atoms with Crippen LogP contribution < -0.4 is 0 Å². The zero-order valence-electron chi connectivity index (χ0n) is 28.3. The minimum atomic E-state index is 0. The Balaban J connectivity index is -0.0000000523. The molecule has 2 aliphatic heterocycles. The highest BCUT2D eigenvalue weighted by Crippen LogP contribution is 2.25. The molecule has 0 bridgehead atoms. The second-order valence-electron chi connectivity index (χ2n) is 12.2. The highest BCUT2D eigenvalue weighted by molar-refractivity contribution is 5.75. The third-order valence-corrected chi connectivity index (χ3v) is 5.86. The fourth-order valence-electron chi connectivity index (χ4n) is 3.66. The summed E-state index contributed by atoms with van der Waals surface area (Å²) in [5.74, 6) is 5.33. The number of rotatable bonds is 4. The van der Waals surface area contributed by atoms with Crippen molar-refractivity contribution < 1.29 is 0 Å². The molecule has 38 heavy (non-hydrogen) atoms. The molecule has 2 rings (SSSR count). The summed E-state index contributed by atoms with van der Waals surface area (Å²) in [6, 6.07) is 1.50. The molecule has 2 nitrogen and oxygen atoms in total. The van der Waals surface area contributed by atoms with Crippen LogP contribution in [0.15, 0.2) is 0 Å². The molecule has 0 spiro atoms. The lowest BCUT2D eigenvalue weighted by atomic mass is 9.95. The molecule has 2 atom stereocenters. The maximum atomic E-state index is 2.59. The second kappa shape index (κ2) is 37.0. The molecule has 2 fully saturated rings. The molecule has 3 heteroatoms. The van der Waals surface area contributed by atoms with E-state index in [2.05, 4.69) is 107 Å². The van der Waals surface area contributed by atoms with E-state index in [1.165, 1.54) is 39.0 Å². The maximum Gasteiger partial charge on any atom is 0.00387 e. The average molecular weight is 546 g/mol. The Morgan fingerprint density at radius 2 is 0.632 bits per heavy atom.